The van der Waals surface area contributed by atoms with Crippen molar-refractivity contribution >= 4 is 12.0 Å². The quantitative estimate of drug-likeness (QED) is 0.663. The number of carboxylic acid groups (broad SMARTS) is 1. The van der Waals surface area contributed by atoms with Crippen molar-refractivity contribution in [1.29, 1.82) is 0 Å². The second-order valence-corrected chi connectivity index (χ2v) is 5.31. The minimum atomic E-state index is -1.26. The fourth-order valence-electron chi connectivity index (χ4n) is 1.83. The van der Waals surface area contributed by atoms with Crippen molar-refractivity contribution in [3.05, 3.63) is 0 Å². The van der Waals surface area contributed by atoms with Gasteiger partial charge in [-0.05, 0) is 18.3 Å². The molecule has 2 amide bonds. The summed E-state index contributed by atoms with van der Waals surface area (Å²) in [5.74, 6) is -1.04. The van der Waals surface area contributed by atoms with Crippen molar-refractivity contribution in [2.75, 3.05) is 19.8 Å². The van der Waals surface area contributed by atoms with Gasteiger partial charge in [-0.25, -0.2) is 9.59 Å². The molecule has 1 aliphatic carbocycles. The average Bonchev–Trinajstić information content (AvgIpc) is 2.81. The molecule has 0 aromatic carbocycles. The maximum absolute atomic E-state index is 11.6. The largest absolute Gasteiger partial charge is 0.479 e. The van der Waals surface area contributed by atoms with Crippen LogP contribution in [-0.4, -0.2) is 42.4 Å². The van der Waals surface area contributed by atoms with Crippen LogP contribution in [0.2, 0.25) is 0 Å². The summed E-state index contributed by atoms with van der Waals surface area (Å²) in [6.45, 7) is 3.09. The molecule has 0 aromatic rings. The number of urea groups is 1. The predicted molar refractivity (Wildman–Crippen MR) is 59.7 cm³/mol. The molecule has 0 aromatic heterocycles. The van der Waals surface area contributed by atoms with E-state index in [1.54, 1.807) is 0 Å². The van der Waals surface area contributed by atoms with Crippen molar-refractivity contribution in [1.82, 2.24) is 10.6 Å². The lowest BCUT2D eigenvalue weighted by Gasteiger charge is -2.24. The van der Waals surface area contributed by atoms with E-state index < -0.39 is 17.5 Å². The van der Waals surface area contributed by atoms with Crippen LogP contribution in [0.15, 0.2) is 0 Å². The fourth-order valence-corrected chi connectivity index (χ4v) is 1.83. The van der Waals surface area contributed by atoms with Crippen LogP contribution in [-0.2, 0) is 9.53 Å². The van der Waals surface area contributed by atoms with Crippen molar-refractivity contribution in [3.63, 3.8) is 0 Å². The Balaban J connectivity index is 1.85. The van der Waals surface area contributed by atoms with Gasteiger partial charge < -0.3 is 20.5 Å². The number of nitrogens with one attached hydrogen (secondary N) is 2. The molecule has 2 aliphatic rings. The van der Waals surface area contributed by atoms with E-state index in [-0.39, 0.29) is 12.0 Å². The van der Waals surface area contributed by atoms with Crippen LogP contribution in [0.4, 0.5) is 4.79 Å². The molecular formula is C11H18N2O4. The van der Waals surface area contributed by atoms with E-state index in [0.29, 0.717) is 19.6 Å². The van der Waals surface area contributed by atoms with Crippen molar-refractivity contribution in [2.24, 2.45) is 5.41 Å². The number of carboxylic acids is 1. The Morgan fingerprint density at radius 3 is 2.53 bits per heavy atom. The molecule has 1 saturated heterocycles. The summed E-state index contributed by atoms with van der Waals surface area (Å²) in [5.41, 5.74) is -1.05. The number of ether oxygens (including phenoxy) is 1. The molecule has 1 heterocycles. The molecule has 3 N–H and O–H groups in total. The number of aliphatic carboxylic acids is 1. The second-order valence-electron chi connectivity index (χ2n) is 5.31. The first kappa shape index (κ1) is 12.2. The van der Waals surface area contributed by atoms with Crippen molar-refractivity contribution in [2.45, 2.75) is 31.7 Å². The zero-order valence-corrected chi connectivity index (χ0v) is 9.91. The van der Waals surface area contributed by atoms with Crippen LogP contribution in [0, 0.1) is 5.41 Å². The first-order valence-corrected chi connectivity index (χ1v) is 5.83. The summed E-state index contributed by atoms with van der Waals surface area (Å²) in [4.78, 5) is 22.8. The van der Waals surface area contributed by atoms with E-state index in [0.717, 1.165) is 12.8 Å². The normalized spacial score (nSPS) is 29.7. The lowest BCUT2D eigenvalue weighted by atomic mass is 9.99. The molecule has 0 spiro atoms. The van der Waals surface area contributed by atoms with Crippen LogP contribution in [0.5, 0.6) is 0 Å². The number of carbonyl (C=O) groups excluding carboxylic acids is 1. The van der Waals surface area contributed by atoms with Gasteiger partial charge in [0.25, 0.3) is 0 Å². The van der Waals surface area contributed by atoms with Crippen LogP contribution >= 0.6 is 0 Å². The standard InChI is InChI=1S/C11H18N2O4/c1-10(2-3-10)6-12-9(16)13-11(8(14)15)4-5-17-7-11/h2-7H2,1H3,(H,14,15)(H2,12,13,16). The summed E-state index contributed by atoms with van der Waals surface area (Å²) in [6, 6.07) is -0.425. The van der Waals surface area contributed by atoms with Crippen molar-refractivity contribution < 1.29 is 19.4 Å². The number of carbonyl (C=O) groups is 2. The summed E-state index contributed by atoms with van der Waals surface area (Å²) >= 11 is 0. The van der Waals surface area contributed by atoms with Gasteiger partial charge in [0.2, 0.25) is 0 Å². The third kappa shape index (κ3) is 2.69. The third-order valence-electron chi connectivity index (χ3n) is 3.56. The van der Waals surface area contributed by atoms with Gasteiger partial charge in [0, 0.05) is 19.6 Å². The zero-order chi connectivity index (χ0) is 12.5. The highest BCUT2D eigenvalue weighted by Crippen LogP contribution is 2.43. The monoisotopic (exact) mass is 242 g/mol. The van der Waals surface area contributed by atoms with E-state index in [9.17, 15) is 9.59 Å². The molecule has 6 heteroatoms. The lowest BCUT2D eigenvalue weighted by molar-refractivity contribution is -0.144. The SMILES string of the molecule is CC1(CNC(=O)NC2(C(=O)O)CCOC2)CC1. The molecule has 6 nitrogen and oxygen atoms in total. The van der Waals surface area contributed by atoms with E-state index in [1.165, 1.54) is 0 Å². The highest BCUT2D eigenvalue weighted by Gasteiger charge is 2.44. The number of rotatable bonds is 4. The van der Waals surface area contributed by atoms with Gasteiger partial charge in [0.05, 0.1) is 6.61 Å². The number of amides is 2. The second kappa shape index (κ2) is 4.18. The summed E-state index contributed by atoms with van der Waals surface area (Å²) in [7, 11) is 0. The molecule has 96 valence electrons. The summed E-state index contributed by atoms with van der Waals surface area (Å²) in [6.07, 6.45) is 2.54. The number of hydrogen-bond acceptors (Lipinski definition) is 3. The van der Waals surface area contributed by atoms with Gasteiger partial charge in [0.1, 0.15) is 0 Å². The predicted octanol–water partition coefficient (Wildman–Crippen LogP) is 0.329. The highest BCUT2D eigenvalue weighted by atomic mass is 16.5. The Labute approximate surface area is 99.7 Å². The van der Waals surface area contributed by atoms with Crippen LogP contribution in [0.1, 0.15) is 26.2 Å². The Hall–Kier alpha value is -1.30. The minimum absolute atomic E-state index is 0.0347. The fraction of sp³-hybridized carbons (Fsp3) is 0.818. The molecule has 1 atom stereocenters. The molecule has 1 saturated carbocycles. The molecule has 1 unspecified atom stereocenters. The smallest absolute Gasteiger partial charge is 0.332 e. The molecule has 2 rings (SSSR count). The first-order valence-electron chi connectivity index (χ1n) is 5.83. The third-order valence-corrected chi connectivity index (χ3v) is 3.56. The summed E-state index contributed by atoms with van der Waals surface area (Å²) < 4.78 is 5.06. The molecule has 17 heavy (non-hydrogen) atoms. The van der Waals surface area contributed by atoms with Gasteiger partial charge in [-0.15, -0.1) is 0 Å². The minimum Gasteiger partial charge on any atom is -0.479 e. The Kier molecular flexibility index (Phi) is 2.99. The van der Waals surface area contributed by atoms with E-state index in [2.05, 4.69) is 17.6 Å². The van der Waals surface area contributed by atoms with Gasteiger partial charge in [0.15, 0.2) is 5.54 Å². The Morgan fingerprint density at radius 1 is 1.35 bits per heavy atom. The molecular weight excluding hydrogens is 224 g/mol. The summed E-state index contributed by atoms with van der Waals surface area (Å²) in [5, 5.41) is 14.4. The van der Waals surface area contributed by atoms with Gasteiger partial charge in [-0.2, -0.15) is 0 Å². The van der Waals surface area contributed by atoms with E-state index in [4.69, 9.17) is 9.84 Å². The van der Waals surface area contributed by atoms with Gasteiger partial charge >= 0.3 is 12.0 Å². The average molecular weight is 242 g/mol. The van der Waals surface area contributed by atoms with E-state index >= 15 is 0 Å². The maximum atomic E-state index is 11.6. The Morgan fingerprint density at radius 2 is 2.06 bits per heavy atom. The van der Waals surface area contributed by atoms with E-state index in [1.807, 2.05) is 0 Å². The topological polar surface area (TPSA) is 87.7 Å². The maximum Gasteiger partial charge on any atom is 0.332 e. The molecule has 0 radical (unpaired) electrons. The molecule has 0 bridgehead atoms. The Bertz CT molecular complexity index is 332. The van der Waals surface area contributed by atoms with Crippen LogP contribution in [0.3, 0.4) is 0 Å². The highest BCUT2D eigenvalue weighted by molar-refractivity contribution is 5.86. The van der Waals surface area contributed by atoms with Crippen LogP contribution < -0.4 is 10.6 Å². The number of hydrogen-bond donors (Lipinski definition) is 3. The van der Waals surface area contributed by atoms with Gasteiger partial charge in [-0.3, -0.25) is 0 Å². The molecule has 1 aliphatic heterocycles. The first-order chi connectivity index (χ1) is 7.96. The zero-order valence-electron chi connectivity index (χ0n) is 9.91. The lowest BCUT2D eigenvalue weighted by Crippen LogP contribution is -2.58. The van der Waals surface area contributed by atoms with Crippen molar-refractivity contribution in [3.8, 4) is 0 Å². The van der Waals surface area contributed by atoms with Gasteiger partial charge in [-0.1, -0.05) is 6.92 Å². The molecule has 2 fully saturated rings. The van der Waals surface area contributed by atoms with Crippen LogP contribution in [0.25, 0.3) is 0 Å².